The fourth-order valence-corrected chi connectivity index (χ4v) is 3.45. The number of nitrogens with zero attached hydrogens (tertiary/aromatic N) is 1. The van der Waals surface area contributed by atoms with Gasteiger partial charge in [-0.1, -0.05) is 25.9 Å². The van der Waals surface area contributed by atoms with Gasteiger partial charge in [-0.2, -0.15) is 0 Å². The van der Waals surface area contributed by atoms with Gasteiger partial charge in [0.15, 0.2) is 6.10 Å². The van der Waals surface area contributed by atoms with E-state index in [4.69, 9.17) is 9.26 Å². The lowest BCUT2D eigenvalue weighted by atomic mass is 10.1. The molecule has 1 unspecified atom stereocenters. The molecule has 1 atom stereocenters. The van der Waals surface area contributed by atoms with Crippen LogP contribution < -0.4 is 14.8 Å². The number of carbonyl (C=O) groups is 2. The normalized spacial score (nSPS) is 16.4. The van der Waals surface area contributed by atoms with Gasteiger partial charge in [0.2, 0.25) is 5.76 Å². The van der Waals surface area contributed by atoms with E-state index < -0.39 is 22.0 Å². The van der Waals surface area contributed by atoms with Gasteiger partial charge in [0.1, 0.15) is 5.75 Å². The van der Waals surface area contributed by atoms with Crippen molar-refractivity contribution < 1.29 is 27.3 Å². The number of hydrogen-bond donors (Lipinski definition) is 2. The molecule has 144 valence electrons. The maximum atomic E-state index is 12.5. The fraction of sp³-hybridized carbons (Fsp3) is 0.353. The second kappa shape index (κ2) is 7.03. The van der Waals surface area contributed by atoms with E-state index in [2.05, 4.69) is 10.5 Å². The molecule has 0 radical (unpaired) electrons. The molecule has 2 heterocycles. The van der Waals surface area contributed by atoms with Crippen molar-refractivity contribution in [3.63, 3.8) is 0 Å². The highest BCUT2D eigenvalue weighted by molar-refractivity contribution is 7.90. The molecule has 0 saturated heterocycles. The molecular formula is C17H19N3O6S. The third-order valence-corrected chi connectivity index (χ3v) is 5.35. The van der Waals surface area contributed by atoms with Crippen LogP contribution in [0.5, 0.6) is 5.75 Å². The third-order valence-electron chi connectivity index (χ3n) is 4.02. The Morgan fingerprint density at radius 2 is 2.07 bits per heavy atom. The maximum absolute atomic E-state index is 12.5. The van der Waals surface area contributed by atoms with E-state index in [0.717, 1.165) is 0 Å². The van der Waals surface area contributed by atoms with Crippen LogP contribution in [0.4, 0.5) is 5.69 Å². The van der Waals surface area contributed by atoms with Crippen molar-refractivity contribution in [1.82, 2.24) is 9.88 Å². The molecule has 1 aromatic carbocycles. The van der Waals surface area contributed by atoms with Gasteiger partial charge in [0.05, 0.1) is 16.3 Å². The van der Waals surface area contributed by atoms with Crippen molar-refractivity contribution in [2.24, 2.45) is 0 Å². The van der Waals surface area contributed by atoms with Crippen molar-refractivity contribution >= 4 is 27.5 Å². The number of hydrogen-bond acceptors (Lipinski definition) is 7. The van der Waals surface area contributed by atoms with E-state index in [1.807, 2.05) is 18.6 Å². The van der Waals surface area contributed by atoms with Gasteiger partial charge in [0.25, 0.3) is 15.9 Å². The topological polar surface area (TPSA) is 128 Å². The first-order valence-corrected chi connectivity index (χ1v) is 9.85. The minimum atomic E-state index is -4.18. The maximum Gasteiger partial charge on any atom is 0.303 e. The van der Waals surface area contributed by atoms with Crippen LogP contribution in [0.15, 0.2) is 33.7 Å². The number of ether oxygens (including phenoxy) is 1. The smallest absolute Gasteiger partial charge is 0.303 e. The molecule has 27 heavy (non-hydrogen) atoms. The summed E-state index contributed by atoms with van der Waals surface area (Å²) in [5.74, 6) is -1.10. The van der Waals surface area contributed by atoms with E-state index in [1.54, 1.807) is 6.92 Å². The number of amides is 2. The van der Waals surface area contributed by atoms with Gasteiger partial charge < -0.3 is 14.6 Å². The largest absolute Gasteiger partial charge is 0.478 e. The number of anilines is 1. The zero-order chi connectivity index (χ0) is 19.8. The molecular weight excluding hydrogens is 374 g/mol. The number of rotatable bonds is 5. The van der Waals surface area contributed by atoms with Crippen LogP contribution in [-0.2, 0) is 14.8 Å². The summed E-state index contributed by atoms with van der Waals surface area (Å²) in [5, 5.41) is 6.33. The van der Waals surface area contributed by atoms with Gasteiger partial charge in [-0.3, -0.25) is 9.59 Å². The van der Waals surface area contributed by atoms with Crippen LogP contribution in [0.3, 0.4) is 0 Å². The molecule has 1 aliphatic rings. The molecule has 1 aromatic heterocycles. The Bertz CT molecular complexity index is 996. The van der Waals surface area contributed by atoms with Crippen LogP contribution in [0.2, 0.25) is 0 Å². The zero-order valence-electron chi connectivity index (χ0n) is 15.0. The molecule has 2 aromatic rings. The number of fused-ring (bicyclic) bond motifs is 1. The lowest BCUT2D eigenvalue weighted by Crippen LogP contribution is -2.36. The lowest BCUT2D eigenvalue weighted by Gasteiger charge is -2.25. The Hall–Kier alpha value is -2.88. The van der Waals surface area contributed by atoms with E-state index in [-0.39, 0.29) is 28.2 Å². The molecule has 0 bridgehead atoms. The van der Waals surface area contributed by atoms with Crippen molar-refractivity contribution in [2.75, 3.05) is 5.32 Å². The highest BCUT2D eigenvalue weighted by Gasteiger charge is 2.28. The minimum Gasteiger partial charge on any atom is -0.478 e. The summed E-state index contributed by atoms with van der Waals surface area (Å²) in [6.07, 6.45) is -0.141. The summed E-state index contributed by atoms with van der Waals surface area (Å²) in [7, 11) is -4.18. The summed E-state index contributed by atoms with van der Waals surface area (Å²) >= 11 is 0. The van der Waals surface area contributed by atoms with E-state index in [1.165, 1.54) is 24.3 Å². The van der Waals surface area contributed by atoms with Crippen molar-refractivity contribution in [3.05, 3.63) is 35.7 Å². The second-order valence-electron chi connectivity index (χ2n) is 6.37. The minimum absolute atomic E-state index is 0.0307. The first-order valence-electron chi connectivity index (χ1n) is 8.36. The number of sulfonamides is 1. The summed E-state index contributed by atoms with van der Waals surface area (Å²) in [4.78, 5) is 23.9. The van der Waals surface area contributed by atoms with Gasteiger partial charge >= 0.3 is 5.91 Å². The summed E-state index contributed by atoms with van der Waals surface area (Å²) < 4.78 is 37.3. The van der Waals surface area contributed by atoms with Crippen LogP contribution in [0.1, 0.15) is 49.4 Å². The molecule has 0 aliphatic carbocycles. The standard InChI is InChI=1S/C17H19N3O6S/c1-4-13-16(21)18-12-7-10(5-6-14(12)25-13)27(23,24)20-17(22)15-8-11(9(2)3)19-26-15/h5-9,13H,4H2,1-3H3,(H,18,21)(H,20,22). The molecule has 2 N–H and O–H groups in total. The lowest BCUT2D eigenvalue weighted by molar-refractivity contribution is -0.123. The van der Waals surface area contributed by atoms with Crippen molar-refractivity contribution in [3.8, 4) is 5.75 Å². The molecule has 10 heteroatoms. The van der Waals surface area contributed by atoms with E-state index in [0.29, 0.717) is 17.9 Å². The van der Waals surface area contributed by atoms with Crippen molar-refractivity contribution in [1.29, 1.82) is 0 Å². The third kappa shape index (κ3) is 3.80. The molecule has 0 saturated carbocycles. The van der Waals surface area contributed by atoms with Crippen LogP contribution in [-0.4, -0.2) is 31.5 Å². The average molecular weight is 393 g/mol. The Morgan fingerprint density at radius 1 is 1.33 bits per heavy atom. The molecule has 1 aliphatic heterocycles. The van der Waals surface area contributed by atoms with E-state index in [9.17, 15) is 18.0 Å². The fourth-order valence-electron chi connectivity index (χ4n) is 2.46. The quantitative estimate of drug-likeness (QED) is 0.795. The van der Waals surface area contributed by atoms with Crippen LogP contribution in [0.25, 0.3) is 0 Å². The number of benzene rings is 1. The summed E-state index contributed by atoms with van der Waals surface area (Å²) in [6.45, 7) is 5.53. The number of nitrogens with one attached hydrogen (secondary N) is 2. The highest BCUT2D eigenvalue weighted by atomic mass is 32.2. The molecule has 0 spiro atoms. The Morgan fingerprint density at radius 3 is 2.70 bits per heavy atom. The molecule has 2 amide bonds. The first kappa shape index (κ1) is 18.9. The van der Waals surface area contributed by atoms with Crippen molar-refractivity contribution in [2.45, 2.75) is 44.1 Å². The molecule has 9 nitrogen and oxygen atoms in total. The van der Waals surface area contributed by atoms with Gasteiger partial charge in [-0.05, 0) is 30.5 Å². The average Bonchev–Trinajstić information content (AvgIpc) is 3.11. The number of aromatic nitrogens is 1. The Balaban J connectivity index is 1.82. The summed E-state index contributed by atoms with van der Waals surface area (Å²) in [5.41, 5.74) is 0.762. The van der Waals surface area contributed by atoms with Gasteiger partial charge in [-0.25, -0.2) is 13.1 Å². The van der Waals surface area contributed by atoms with Crippen LogP contribution in [0, 0.1) is 0 Å². The highest BCUT2D eigenvalue weighted by Crippen LogP contribution is 2.32. The van der Waals surface area contributed by atoms with Gasteiger partial charge in [0, 0.05) is 6.07 Å². The molecule has 0 fully saturated rings. The SMILES string of the molecule is CCC1Oc2ccc(S(=O)(=O)NC(=O)c3cc(C(C)C)no3)cc2NC1=O. The summed E-state index contributed by atoms with van der Waals surface area (Å²) in [6, 6.07) is 5.34. The Labute approximate surface area is 156 Å². The predicted octanol–water partition coefficient (Wildman–Crippen LogP) is 2.03. The zero-order valence-corrected chi connectivity index (χ0v) is 15.8. The molecule has 3 rings (SSSR count). The monoisotopic (exact) mass is 393 g/mol. The second-order valence-corrected chi connectivity index (χ2v) is 8.05. The Kier molecular flexibility index (Phi) is 4.92. The van der Waals surface area contributed by atoms with Crippen LogP contribution >= 0.6 is 0 Å². The first-order chi connectivity index (χ1) is 12.7. The van der Waals surface area contributed by atoms with Gasteiger partial charge in [-0.15, -0.1) is 0 Å². The number of carbonyl (C=O) groups excluding carboxylic acids is 2. The van der Waals surface area contributed by atoms with E-state index >= 15 is 0 Å². The predicted molar refractivity (Wildman–Crippen MR) is 95.0 cm³/mol.